The first-order valence-electron chi connectivity index (χ1n) is 6.44. The maximum atomic E-state index is 10.6. The van der Waals surface area contributed by atoms with E-state index in [2.05, 4.69) is 15.9 Å². The Morgan fingerprint density at radius 1 is 1.15 bits per heavy atom. The Morgan fingerprint density at radius 2 is 1.80 bits per heavy atom. The van der Waals surface area contributed by atoms with E-state index in [1.165, 1.54) is 0 Å². The summed E-state index contributed by atoms with van der Waals surface area (Å²) in [5.74, 6) is 0.548. The Bertz CT molecular complexity index is 557. The van der Waals surface area contributed by atoms with Gasteiger partial charge in [0.05, 0.1) is 13.2 Å². The van der Waals surface area contributed by atoms with Crippen LogP contribution < -0.4 is 10.5 Å². The van der Waals surface area contributed by atoms with Crippen LogP contribution >= 0.6 is 15.9 Å². The fraction of sp³-hybridized carbons (Fsp3) is 0.250. The van der Waals surface area contributed by atoms with Gasteiger partial charge in [0.15, 0.2) is 0 Å². The zero-order valence-corrected chi connectivity index (χ0v) is 12.9. The molecule has 106 valence electrons. The molecule has 0 saturated heterocycles. The van der Waals surface area contributed by atoms with Gasteiger partial charge in [-0.25, -0.2) is 0 Å². The van der Waals surface area contributed by atoms with E-state index in [9.17, 15) is 5.11 Å². The molecule has 0 aromatic heterocycles. The summed E-state index contributed by atoms with van der Waals surface area (Å²) in [6, 6.07) is 15.3. The molecule has 20 heavy (non-hydrogen) atoms. The minimum absolute atomic E-state index is 0.202. The van der Waals surface area contributed by atoms with Crippen LogP contribution in [0, 0.1) is 0 Å². The standard InChI is InChI=1S/C16H18BrNO2/c1-20-15-5-3-2-4-13(15)14(10-18)16(19)11-6-8-12(17)9-7-11/h2-9,14,16,19H,10,18H2,1H3. The molecule has 0 aliphatic carbocycles. The molecular formula is C16H18BrNO2. The third-order valence-electron chi connectivity index (χ3n) is 3.38. The van der Waals surface area contributed by atoms with Crippen LogP contribution in [0.4, 0.5) is 0 Å². The highest BCUT2D eigenvalue weighted by Gasteiger charge is 2.24. The monoisotopic (exact) mass is 335 g/mol. The molecule has 3 nitrogen and oxygen atoms in total. The molecule has 0 spiro atoms. The average molecular weight is 336 g/mol. The summed E-state index contributed by atoms with van der Waals surface area (Å²) < 4.78 is 6.34. The lowest BCUT2D eigenvalue weighted by Crippen LogP contribution is -2.20. The molecule has 2 unspecified atom stereocenters. The molecule has 0 saturated carbocycles. The molecule has 0 heterocycles. The van der Waals surface area contributed by atoms with E-state index in [0.29, 0.717) is 6.54 Å². The van der Waals surface area contributed by atoms with Gasteiger partial charge in [-0.1, -0.05) is 46.3 Å². The van der Waals surface area contributed by atoms with Gasteiger partial charge in [-0.2, -0.15) is 0 Å². The summed E-state index contributed by atoms with van der Waals surface area (Å²) in [7, 11) is 1.62. The maximum Gasteiger partial charge on any atom is 0.122 e. The van der Waals surface area contributed by atoms with Gasteiger partial charge in [-0.15, -0.1) is 0 Å². The van der Waals surface area contributed by atoms with Gasteiger partial charge < -0.3 is 15.6 Å². The van der Waals surface area contributed by atoms with Gasteiger partial charge >= 0.3 is 0 Å². The van der Waals surface area contributed by atoms with Crippen molar-refractivity contribution in [2.75, 3.05) is 13.7 Å². The third-order valence-corrected chi connectivity index (χ3v) is 3.91. The van der Waals surface area contributed by atoms with E-state index in [4.69, 9.17) is 10.5 Å². The molecule has 2 atom stereocenters. The molecule has 4 heteroatoms. The van der Waals surface area contributed by atoms with Crippen molar-refractivity contribution in [3.8, 4) is 5.75 Å². The van der Waals surface area contributed by atoms with Crippen molar-refractivity contribution in [1.29, 1.82) is 0 Å². The van der Waals surface area contributed by atoms with Crippen LogP contribution in [0.25, 0.3) is 0 Å². The number of aliphatic hydroxyl groups excluding tert-OH is 1. The topological polar surface area (TPSA) is 55.5 Å². The minimum atomic E-state index is -0.663. The van der Waals surface area contributed by atoms with Crippen LogP contribution in [-0.2, 0) is 0 Å². The van der Waals surface area contributed by atoms with Gasteiger partial charge in [0.25, 0.3) is 0 Å². The van der Waals surface area contributed by atoms with E-state index < -0.39 is 6.10 Å². The smallest absolute Gasteiger partial charge is 0.122 e. The Labute approximate surface area is 127 Å². The molecule has 0 fully saturated rings. The van der Waals surface area contributed by atoms with Gasteiger partial charge in [-0.05, 0) is 23.8 Å². The normalized spacial score (nSPS) is 13.8. The predicted octanol–water partition coefficient (Wildman–Crippen LogP) is 3.23. The number of methoxy groups -OCH3 is 1. The van der Waals surface area contributed by atoms with Crippen LogP contribution in [0.1, 0.15) is 23.1 Å². The number of ether oxygens (including phenoxy) is 1. The Balaban J connectivity index is 2.34. The fourth-order valence-corrected chi connectivity index (χ4v) is 2.56. The van der Waals surface area contributed by atoms with Crippen LogP contribution in [-0.4, -0.2) is 18.8 Å². The largest absolute Gasteiger partial charge is 0.496 e. The van der Waals surface area contributed by atoms with Crippen LogP contribution in [0.15, 0.2) is 53.0 Å². The highest BCUT2D eigenvalue weighted by molar-refractivity contribution is 9.10. The predicted molar refractivity (Wildman–Crippen MR) is 83.9 cm³/mol. The van der Waals surface area contributed by atoms with Crippen LogP contribution in [0.3, 0.4) is 0 Å². The molecule has 0 radical (unpaired) electrons. The summed E-state index contributed by atoms with van der Waals surface area (Å²) in [5.41, 5.74) is 7.64. The zero-order chi connectivity index (χ0) is 14.5. The second-order valence-corrected chi connectivity index (χ2v) is 5.50. The number of hydrogen-bond donors (Lipinski definition) is 2. The summed E-state index contributed by atoms with van der Waals surface area (Å²) >= 11 is 3.39. The molecular weight excluding hydrogens is 318 g/mol. The minimum Gasteiger partial charge on any atom is -0.496 e. The van der Waals surface area contributed by atoms with Gasteiger partial charge in [0, 0.05) is 22.5 Å². The van der Waals surface area contributed by atoms with Crippen molar-refractivity contribution in [3.05, 3.63) is 64.1 Å². The zero-order valence-electron chi connectivity index (χ0n) is 11.3. The number of benzene rings is 2. The lowest BCUT2D eigenvalue weighted by atomic mass is 9.88. The number of rotatable bonds is 5. The molecule has 2 aromatic rings. The van der Waals surface area contributed by atoms with Crippen LogP contribution in [0.5, 0.6) is 5.75 Å². The van der Waals surface area contributed by atoms with E-state index in [1.54, 1.807) is 7.11 Å². The third kappa shape index (κ3) is 3.20. The van der Waals surface area contributed by atoms with E-state index in [1.807, 2.05) is 48.5 Å². The van der Waals surface area contributed by atoms with Crippen molar-refractivity contribution < 1.29 is 9.84 Å². The highest BCUT2D eigenvalue weighted by atomic mass is 79.9. The number of aliphatic hydroxyl groups is 1. The van der Waals surface area contributed by atoms with Crippen molar-refractivity contribution in [1.82, 2.24) is 0 Å². The summed E-state index contributed by atoms with van der Waals surface area (Å²) in [4.78, 5) is 0. The van der Waals surface area contributed by atoms with Gasteiger partial charge in [0.2, 0.25) is 0 Å². The average Bonchev–Trinajstić information content (AvgIpc) is 2.49. The first kappa shape index (κ1) is 15.0. The van der Waals surface area contributed by atoms with Crippen molar-refractivity contribution in [2.45, 2.75) is 12.0 Å². The quantitative estimate of drug-likeness (QED) is 0.881. The summed E-state index contributed by atoms with van der Waals surface area (Å²) in [5, 5.41) is 10.6. The number of para-hydroxylation sites is 1. The van der Waals surface area contributed by atoms with E-state index >= 15 is 0 Å². The summed E-state index contributed by atoms with van der Waals surface area (Å²) in [6.07, 6.45) is -0.663. The molecule has 0 amide bonds. The second kappa shape index (κ2) is 6.88. The van der Waals surface area contributed by atoms with Crippen molar-refractivity contribution in [3.63, 3.8) is 0 Å². The van der Waals surface area contributed by atoms with E-state index in [-0.39, 0.29) is 5.92 Å². The van der Waals surface area contributed by atoms with Crippen molar-refractivity contribution >= 4 is 15.9 Å². The number of nitrogens with two attached hydrogens (primary N) is 1. The lowest BCUT2D eigenvalue weighted by molar-refractivity contribution is 0.146. The number of hydrogen-bond acceptors (Lipinski definition) is 3. The molecule has 0 aliphatic rings. The molecule has 0 bridgehead atoms. The Kier molecular flexibility index (Phi) is 5.17. The molecule has 2 rings (SSSR count). The first-order valence-corrected chi connectivity index (χ1v) is 7.23. The Hall–Kier alpha value is -1.36. The second-order valence-electron chi connectivity index (χ2n) is 4.58. The molecule has 0 aliphatic heterocycles. The maximum absolute atomic E-state index is 10.6. The van der Waals surface area contributed by atoms with E-state index in [0.717, 1.165) is 21.3 Å². The highest BCUT2D eigenvalue weighted by Crippen LogP contribution is 2.35. The fourth-order valence-electron chi connectivity index (χ4n) is 2.29. The lowest BCUT2D eigenvalue weighted by Gasteiger charge is -2.24. The van der Waals surface area contributed by atoms with Crippen molar-refractivity contribution in [2.24, 2.45) is 5.73 Å². The first-order chi connectivity index (χ1) is 9.67. The van der Waals surface area contributed by atoms with Gasteiger partial charge in [0.1, 0.15) is 5.75 Å². The SMILES string of the molecule is COc1ccccc1C(CN)C(O)c1ccc(Br)cc1. The summed E-state index contributed by atoms with van der Waals surface area (Å²) in [6.45, 7) is 0.345. The molecule has 3 N–H and O–H groups in total. The van der Waals surface area contributed by atoms with Crippen LogP contribution in [0.2, 0.25) is 0 Å². The Morgan fingerprint density at radius 3 is 2.40 bits per heavy atom. The van der Waals surface area contributed by atoms with Gasteiger partial charge in [-0.3, -0.25) is 0 Å². The number of halogens is 1. The molecule has 2 aromatic carbocycles.